The molecule has 4 rings (SSSR count). The first-order valence-corrected chi connectivity index (χ1v) is 8.59. The Bertz CT molecular complexity index is 752. The van der Waals surface area contributed by atoms with Gasteiger partial charge < -0.3 is 9.80 Å². The van der Waals surface area contributed by atoms with Gasteiger partial charge in [0.2, 0.25) is 0 Å². The summed E-state index contributed by atoms with van der Waals surface area (Å²) in [4.78, 5) is 17.9. The largest absolute Gasteiger partial charge is 0.368 e. The molecular formula is C17H17N5S. The van der Waals surface area contributed by atoms with Crippen LogP contribution in [0.1, 0.15) is 0 Å². The molecule has 3 aromatic heterocycles. The van der Waals surface area contributed by atoms with Gasteiger partial charge >= 0.3 is 0 Å². The van der Waals surface area contributed by atoms with Crippen molar-refractivity contribution in [2.45, 2.75) is 0 Å². The van der Waals surface area contributed by atoms with Gasteiger partial charge in [-0.1, -0.05) is 0 Å². The van der Waals surface area contributed by atoms with Crippen molar-refractivity contribution in [1.82, 2.24) is 15.0 Å². The summed E-state index contributed by atoms with van der Waals surface area (Å²) in [5, 5.41) is 4.17. The number of hydrogen-bond donors (Lipinski definition) is 0. The Labute approximate surface area is 139 Å². The van der Waals surface area contributed by atoms with E-state index >= 15 is 0 Å². The third-order valence-corrected chi connectivity index (χ3v) is 4.75. The van der Waals surface area contributed by atoms with Crippen LogP contribution in [0.15, 0.2) is 53.7 Å². The second-order valence-electron chi connectivity index (χ2n) is 5.45. The summed E-state index contributed by atoms with van der Waals surface area (Å²) in [5.74, 6) is 0.961. The molecule has 6 heteroatoms. The Morgan fingerprint density at radius 1 is 0.870 bits per heavy atom. The molecule has 5 nitrogen and oxygen atoms in total. The molecule has 1 aliphatic rings. The maximum absolute atomic E-state index is 4.78. The SMILES string of the molecule is c1cc(N2CCN(c3cncc(-c4ccsc4)n3)CC2)ccn1. The molecule has 3 aromatic rings. The zero-order valence-corrected chi connectivity index (χ0v) is 13.5. The number of piperazine rings is 1. The van der Waals surface area contributed by atoms with Gasteiger partial charge in [-0.2, -0.15) is 11.3 Å². The van der Waals surface area contributed by atoms with Crippen molar-refractivity contribution in [3.63, 3.8) is 0 Å². The van der Waals surface area contributed by atoms with Gasteiger partial charge in [-0.25, -0.2) is 4.98 Å². The van der Waals surface area contributed by atoms with E-state index < -0.39 is 0 Å². The zero-order chi connectivity index (χ0) is 15.5. The second-order valence-corrected chi connectivity index (χ2v) is 6.23. The fourth-order valence-electron chi connectivity index (χ4n) is 2.81. The first-order valence-electron chi connectivity index (χ1n) is 7.65. The minimum Gasteiger partial charge on any atom is -0.368 e. The van der Waals surface area contributed by atoms with Crippen LogP contribution in [0.3, 0.4) is 0 Å². The van der Waals surface area contributed by atoms with Crippen LogP contribution in [0.2, 0.25) is 0 Å². The van der Waals surface area contributed by atoms with E-state index in [-0.39, 0.29) is 0 Å². The standard InChI is InChI=1S/C17H17N5S/c1-4-18-5-2-15(1)21-6-8-22(9-7-21)17-12-19-11-16(20-17)14-3-10-23-13-14/h1-5,10-13H,6-9H2. The molecule has 0 bridgehead atoms. The number of aromatic nitrogens is 3. The molecule has 1 aliphatic heterocycles. The van der Waals surface area contributed by atoms with Crippen LogP contribution in [0.25, 0.3) is 11.3 Å². The highest BCUT2D eigenvalue weighted by Crippen LogP contribution is 2.23. The number of nitrogens with zero attached hydrogens (tertiary/aromatic N) is 5. The van der Waals surface area contributed by atoms with Crippen LogP contribution < -0.4 is 9.80 Å². The van der Waals surface area contributed by atoms with E-state index in [9.17, 15) is 0 Å². The lowest BCUT2D eigenvalue weighted by molar-refractivity contribution is 0.646. The number of thiophene rings is 1. The zero-order valence-electron chi connectivity index (χ0n) is 12.7. The Morgan fingerprint density at radius 2 is 1.65 bits per heavy atom. The Hall–Kier alpha value is -2.47. The maximum atomic E-state index is 4.78. The van der Waals surface area contributed by atoms with Gasteiger partial charge in [0.15, 0.2) is 0 Å². The number of hydrogen-bond acceptors (Lipinski definition) is 6. The molecule has 0 spiro atoms. The molecule has 23 heavy (non-hydrogen) atoms. The third kappa shape index (κ3) is 3.03. The summed E-state index contributed by atoms with van der Waals surface area (Å²) >= 11 is 1.68. The van der Waals surface area contributed by atoms with Crippen molar-refractivity contribution < 1.29 is 0 Å². The van der Waals surface area contributed by atoms with Crippen LogP contribution in [0, 0.1) is 0 Å². The molecule has 0 saturated carbocycles. The summed E-state index contributed by atoms with van der Waals surface area (Å²) in [7, 11) is 0. The lowest BCUT2D eigenvalue weighted by Gasteiger charge is -2.36. The maximum Gasteiger partial charge on any atom is 0.147 e. The fraction of sp³-hybridized carbons (Fsp3) is 0.235. The summed E-state index contributed by atoms with van der Waals surface area (Å²) in [6.07, 6.45) is 7.38. The molecule has 116 valence electrons. The molecule has 0 atom stereocenters. The Kier molecular flexibility index (Phi) is 3.90. The Balaban J connectivity index is 1.47. The highest BCUT2D eigenvalue weighted by molar-refractivity contribution is 7.08. The minimum absolute atomic E-state index is 0.945. The van der Waals surface area contributed by atoms with Crippen LogP contribution in [0.4, 0.5) is 11.5 Å². The molecule has 0 amide bonds. The van der Waals surface area contributed by atoms with Crippen molar-refractivity contribution >= 4 is 22.8 Å². The minimum atomic E-state index is 0.945. The van der Waals surface area contributed by atoms with E-state index in [2.05, 4.69) is 48.7 Å². The van der Waals surface area contributed by atoms with Gasteiger partial charge in [0.1, 0.15) is 5.82 Å². The van der Waals surface area contributed by atoms with Crippen molar-refractivity contribution in [1.29, 1.82) is 0 Å². The van der Waals surface area contributed by atoms with Crippen molar-refractivity contribution in [3.05, 3.63) is 53.7 Å². The highest BCUT2D eigenvalue weighted by atomic mass is 32.1. The van der Waals surface area contributed by atoms with E-state index in [1.807, 2.05) is 24.8 Å². The lowest BCUT2D eigenvalue weighted by Crippen LogP contribution is -2.46. The second kappa shape index (κ2) is 6.34. The number of anilines is 2. The van der Waals surface area contributed by atoms with Gasteiger partial charge in [-0.05, 0) is 23.6 Å². The van der Waals surface area contributed by atoms with E-state index in [1.165, 1.54) is 5.69 Å². The lowest BCUT2D eigenvalue weighted by atomic mass is 10.2. The van der Waals surface area contributed by atoms with Crippen LogP contribution in [-0.2, 0) is 0 Å². The molecule has 4 heterocycles. The van der Waals surface area contributed by atoms with E-state index in [0.717, 1.165) is 43.3 Å². The summed E-state index contributed by atoms with van der Waals surface area (Å²) in [6.45, 7) is 3.86. The predicted octanol–water partition coefficient (Wildman–Crippen LogP) is 2.93. The molecular weight excluding hydrogens is 306 g/mol. The first-order chi connectivity index (χ1) is 11.4. The van der Waals surface area contributed by atoms with Crippen molar-refractivity contribution in [3.8, 4) is 11.3 Å². The topological polar surface area (TPSA) is 45.2 Å². The van der Waals surface area contributed by atoms with Gasteiger partial charge in [0.05, 0.1) is 18.1 Å². The average molecular weight is 323 g/mol. The third-order valence-electron chi connectivity index (χ3n) is 4.07. The first kappa shape index (κ1) is 14.1. The van der Waals surface area contributed by atoms with Gasteiger partial charge in [-0.15, -0.1) is 0 Å². The molecule has 0 aromatic carbocycles. The van der Waals surface area contributed by atoms with Crippen molar-refractivity contribution in [2.75, 3.05) is 36.0 Å². The molecule has 1 saturated heterocycles. The van der Waals surface area contributed by atoms with Gasteiger partial charge in [0.25, 0.3) is 0 Å². The number of pyridine rings is 1. The quantitative estimate of drug-likeness (QED) is 0.741. The van der Waals surface area contributed by atoms with Crippen molar-refractivity contribution in [2.24, 2.45) is 0 Å². The Morgan fingerprint density at radius 3 is 2.39 bits per heavy atom. The van der Waals surface area contributed by atoms with Crippen LogP contribution in [0.5, 0.6) is 0 Å². The molecule has 1 fully saturated rings. The summed E-state index contributed by atoms with van der Waals surface area (Å²) < 4.78 is 0. The van der Waals surface area contributed by atoms with Crippen LogP contribution in [-0.4, -0.2) is 41.1 Å². The fourth-order valence-corrected chi connectivity index (χ4v) is 3.46. The molecule has 0 N–H and O–H groups in total. The number of rotatable bonds is 3. The smallest absolute Gasteiger partial charge is 0.147 e. The molecule has 0 aliphatic carbocycles. The van der Waals surface area contributed by atoms with E-state index in [1.54, 1.807) is 11.3 Å². The van der Waals surface area contributed by atoms with Gasteiger partial charge in [-0.3, -0.25) is 9.97 Å². The monoisotopic (exact) mass is 323 g/mol. The van der Waals surface area contributed by atoms with E-state index in [4.69, 9.17) is 4.98 Å². The van der Waals surface area contributed by atoms with Gasteiger partial charge in [0, 0.05) is 55.2 Å². The highest BCUT2D eigenvalue weighted by Gasteiger charge is 2.19. The summed E-state index contributed by atoms with van der Waals surface area (Å²) in [6, 6.07) is 6.21. The van der Waals surface area contributed by atoms with Crippen LogP contribution >= 0.6 is 11.3 Å². The summed E-state index contributed by atoms with van der Waals surface area (Å²) in [5.41, 5.74) is 3.32. The predicted molar refractivity (Wildman–Crippen MR) is 94.0 cm³/mol. The normalized spacial score (nSPS) is 15.0. The molecule has 0 radical (unpaired) electrons. The van der Waals surface area contributed by atoms with E-state index in [0.29, 0.717) is 0 Å². The molecule has 0 unspecified atom stereocenters. The average Bonchev–Trinajstić information content (AvgIpc) is 3.18.